The fourth-order valence-electron chi connectivity index (χ4n) is 3.16. The highest BCUT2D eigenvalue weighted by Crippen LogP contribution is 2.38. The molecule has 1 aliphatic carbocycles. The summed E-state index contributed by atoms with van der Waals surface area (Å²) in [6.07, 6.45) is 3.55. The number of aryl methyl sites for hydroxylation is 1. The molecule has 1 aromatic heterocycles. The number of halogens is 2. The molecule has 0 spiro atoms. The van der Waals surface area contributed by atoms with Crippen molar-refractivity contribution < 1.29 is 19.1 Å². The molecule has 0 fully saturated rings. The van der Waals surface area contributed by atoms with Crippen LogP contribution < -0.4 is 10.7 Å². The predicted molar refractivity (Wildman–Crippen MR) is 118 cm³/mol. The van der Waals surface area contributed by atoms with Gasteiger partial charge in [0.25, 0.3) is 0 Å². The minimum absolute atomic E-state index is 0.315. The Kier molecular flexibility index (Phi) is 7.12. The third-order valence-electron chi connectivity index (χ3n) is 4.64. The number of benzene rings is 1. The Balaban J connectivity index is 1.74. The molecular weight excluding hydrogens is 449 g/mol. The van der Waals surface area contributed by atoms with Gasteiger partial charge in [-0.25, -0.2) is 10.2 Å². The van der Waals surface area contributed by atoms with Crippen molar-refractivity contribution in [2.24, 2.45) is 5.10 Å². The zero-order valence-electron chi connectivity index (χ0n) is 16.3. The van der Waals surface area contributed by atoms with E-state index in [1.54, 1.807) is 25.1 Å². The van der Waals surface area contributed by atoms with E-state index in [4.69, 9.17) is 27.9 Å². The number of anilines is 1. The van der Waals surface area contributed by atoms with Crippen LogP contribution in [0.2, 0.25) is 10.0 Å². The smallest absolute Gasteiger partial charge is 0.341 e. The van der Waals surface area contributed by atoms with Crippen LogP contribution in [-0.4, -0.2) is 30.6 Å². The van der Waals surface area contributed by atoms with Crippen LogP contribution in [0.1, 0.15) is 46.1 Å². The average Bonchev–Trinajstić information content (AvgIpc) is 3.08. The Morgan fingerprint density at radius 3 is 2.57 bits per heavy atom. The predicted octanol–water partition coefficient (Wildman–Crippen LogP) is 4.20. The second kappa shape index (κ2) is 9.59. The SMILES string of the molecule is COC(=O)c1c(NC(=O)C(=O)NN=C(C)c2ccc(Cl)cc2Cl)sc2c1CCCC2. The van der Waals surface area contributed by atoms with Crippen molar-refractivity contribution in [2.75, 3.05) is 12.4 Å². The van der Waals surface area contributed by atoms with Crippen molar-refractivity contribution in [1.82, 2.24) is 5.43 Å². The number of carbonyl (C=O) groups excluding carboxylic acids is 3. The minimum Gasteiger partial charge on any atom is -0.465 e. The first-order chi connectivity index (χ1) is 14.3. The van der Waals surface area contributed by atoms with E-state index in [1.165, 1.54) is 18.4 Å². The lowest BCUT2D eigenvalue weighted by Crippen LogP contribution is -2.33. The lowest BCUT2D eigenvalue weighted by molar-refractivity contribution is -0.136. The number of carbonyl (C=O) groups is 3. The summed E-state index contributed by atoms with van der Waals surface area (Å²) in [4.78, 5) is 37.9. The van der Waals surface area contributed by atoms with Gasteiger partial charge < -0.3 is 10.1 Å². The third kappa shape index (κ3) is 4.83. The molecule has 3 rings (SSSR count). The van der Waals surface area contributed by atoms with Crippen molar-refractivity contribution in [3.63, 3.8) is 0 Å². The maximum atomic E-state index is 12.4. The number of hydrazone groups is 1. The molecule has 0 bridgehead atoms. The van der Waals surface area contributed by atoms with Crippen molar-refractivity contribution in [3.8, 4) is 0 Å². The Labute approximate surface area is 187 Å². The molecule has 0 radical (unpaired) electrons. The van der Waals surface area contributed by atoms with E-state index < -0.39 is 17.8 Å². The highest BCUT2D eigenvalue weighted by atomic mass is 35.5. The van der Waals surface area contributed by atoms with Gasteiger partial charge in [-0.05, 0) is 50.3 Å². The average molecular weight is 468 g/mol. The van der Waals surface area contributed by atoms with Crippen LogP contribution in [0.25, 0.3) is 0 Å². The summed E-state index contributed by atoms with van der Waals surface area (Å²) in [6, 6.07) is 4.86. The largest absolute Gasteiger partial charge is 0.465 e. The zero-order valence-corrected chi connectivity index (χ0v) is 18.6. The lowest BCUT2D eigenvalue weighted by Gasteiger charge is -2.11. The topological polar surface area (TPSA) is 96.9 Å². The van der Waals surface area contributed by atoms with Crippen LogP contribution >= 0.6 is 34.5 Å². The van der Waals surface area contributed by atoms with Gasteiger partial charge in [0.05, 0.1) is 23.4 Å². The zero-order chi connectivity index (χ0) is 21.8. The Hall–Kier alpha value is -2.42. The molecule has 0 atom stereocenters. The molecule has 0 saturated heterocycles. The number of hydrogen-bond acceptors (Lipinski definition) is 6. The van der Waals surface area contributed by atoms with Crippen molar-refractivity contribution >= 4 is 63.0 Å². The maximum Gasteiger partial charge on any atom is 0.341 e. The van der Waals surface area contributed by atoms with Gasteiger partial charge in [0.1, 0.15) is 5.00 Å². The van der Waals surface area contributed by atoms with Gasteiger partial charge in [0.2, 0.25) is 0 Å². The van der Waals surface area contributed by atoms with Gasteiger partial charge >= 0.3 is 17.8 Å². The number of thiophene rings is 1. The van der Waals surface area contributed by atoms with Crippen molar-refractivity contribution in [1.29, 1.82) is 0 Å². The molecule has 1 aromatic carbocycles. The molecule has 2 amide bonds. The highest BCUT2D eigenvalue weighted by molar-refractivity contribution is 7.17. The molecule has 158 valence electrons. The number of nitrogens with one attached hydrogen (secondary N) is 2. The number of rotatable bonds is 4. The van der Waals surface area contributed by atoms with Gasteiger partial charge in [0, 0.05) is 15.5 Å². The number of hydrogen-bond donors (Lipinski definition) is 2. The van der Waals surface area contributed by atoms with E-state index in [9.17, 15) is 14.4 Å². The molecule has 1 aliphatic rings. The number of fused-ring (bicyclic) bond motifs is 1. The summed E-state index contributed by atoms with van der Waals surface area (Å²) < 4.78 is 4.86. The fourth-order valence-corrected chi connectivity index (χ4v) is 4.98. The first kappa shape index (κ1) is 22.3. The standard InChI is InChI=1S/C20H19Cl2N3O4S/c1-10(12-8-7-11(21)9-14(12)22)24-25-18(27)17(26)23-19-16(20(28)29-2)13-5-3-4-6-15(13)30-19/h7-9H,3-6H2,1-2H3,(H,23,26)(H,25,27). The first-order valence-corrected chi connectivity index (χ1v) is 10.7. The second-order valence-corrected chi connectivity index (χ2v) is 8.57. The van der Waals surface area contributed by atoms with Crippen molar-refractivity contribution in [3.05, 3.63) is 49.8 Å². The second-order valence-electron chi connectivity index (χ2n) is 6.62. The van der Waals surface area contributed by atoms with Gasteiger partial charge in [-0.2, -0.15) is 5.10 Å². The number of nitrogens with zero attached hydrogens (tertiary/aromatic N) is 1. The molecule has 1 heterocycles. The Morgan fingerprint density at radius 2 is 1.87 bits per heavy atom. The van der Waals surface area contributed by atoms with Crippen LogP contribution in [-0.2, 0) is 27.2 Å². The molecule has 10 heteroatoms. The van der Waals surface area contributed by atoms with Gasteiger partial charge in [0.15, 0.2) is 0 Å². The molecule has 7 nitrogen and oxygen atoms in total. The van der Waals surface area contributed by atoms with E-state index in [0.29, 0.717) is 31.9 Å². The summed E-state index contributed by atoms with van der Waals surface area (Å²) in [6.45, 7) is 1.63. The van der Waals surface area contributed by atoms with Crippen molar-refractivity contribution in [2.45, 2.75) is 32.6 Å². The summed E-state index contributed by atoms with van der Waals surface area (Å²) >= 11 is 13.3. The first-order valence-electron chi connectivity index (χ1n) is 9.15. The number of ether oxygens (including phenoxy) is 1. The molecule has 0 unspecified atom stereocenters. The fraction of sp³-hybridized carbons (Fsp3) is 0.300. The molecule has 30 heavy (non-hydrogen) atoms. The molecule has 0 saturated carbocycles. The van der Waals surface area contributed by atoms with E-state index in [-0.39, 0.29) is 0 Å². The normalized spacial score (nSPS) is 13.4. The Morgan fingerprint density at radius 1 is 1.13 bits per heavy atom. The molecular formula is C20H19Cl2N3O4S. The van der Waals surface area contributed by atoms with Crippen LogP contribution in [0.5, 0.6) is 0 Å². The summed E-state index contributed by atoms with van der Waals surface area (Å²) in [7, 11) is 1.28. The summed E-state index contributed by atoms with van der Waals surface area (Å²) in [5.74, 6) is -2.43. The van der Waals surface area contributed by atoms with Gasteiger partial charge in [-0.15, -0.1) is 11.3 Å². The van der Waals surface area contributed by atoms with Crippen LogP contribution in [0.3, 0.4) is 0 Å². The summed E-state index contributed by atoms with van der Waals surface area (Å²) in [5, 5.41) is 7.60. The van der Waals surface area contributed by atoms with Crippen LogP contribution in [0.15, 0.2) is 23.3 Å². The van der Waals surface area contributed by atoms with Gasteiger partial charge in [-0.1, -0.05) is 29.3 Å². The third-order valence-corrected chi connectivity index (χ3v) is 6.40. The lowest BCUT2D eigenvalue weighted by atomic mass is 9.95. The van der Waals surface area contributed by atoms with Gasteiger partial charge in [-0.3, -0.25) is 9.59 Å². The molecule has 2 aromatic rings. The van der Waals surface area contributed by atoms with E-state index in [2.05, 4.69) is 15.8 Å². The maximum absolute atomic E-state index is 12.4. The monoisotopic (exact) mass is 467 g/mol. The quantitative estimate of drug-likeness (QED) is 0.304. The minimum atomic E-state index is -0.971. The van der Waals surface area contributed by atoms with Crippen LogP contribution in [0.4, 0.5) is 5.00 Å². The van der Waals surface area contributed by atoms with E-state index in [0.717, 1.165) is 36.1 Å². The number of methoxy groups -OCH3 is 1. The van der Waals surface area contributed by atoms with Crippen LogP contribution in [0, 0.1) is 0 Å². The number of amides is 2. The highest BCUT2D eigenvalue weighted by Gasteiger charge is 2.28. The van der Waals surface area contributed by atoms with E-state index >= 15 is 0 Å². The molecule has 2 N–H and O–H groups in total. The number of esters is 1. The van der Waals surface area contributed by atoms with E-state index in [1.807, 2.05) is 0 Å². The Bertz CT molecular complexity index is 1050. The molecule has 0 aliphatic heterocycles. The summed E-state index contributed by atoms with van der Waals surface area (Å²) in [5.41, 5.74) is 4.39.